The van der Waals surface area contributed by atoms with E-state index in [1.165, 1.54) is 13.2 Å². The van der Waals surface area contributed by atoms with Crippen LogP contribution in [-0.2, 0) is 4.74 Å². The zero-order chi connectivity index (χ0) is 21.5. The normalized spacial score (nSPS) is 10.6. The molecular formula is C24H17ClO5. The highest BCUT2D eigenvalue weighted by Crippen LogP contribution is 2.17. The first-order chi connectivity index (χ1) is 14.5. The van der Waals surface area contributed by atoms with Crippen molar-refractivity contribution < 1.29 is 23.9 Å². The number of benzene rings is 3. The third-order valence-corrected chi connectivity index (χ3v) is 4.44. The molecule has 5 nitrogen and oxygen atoms in total. The molecule has 30 heavy (non-hydrogen) atoms. The van der Waals surface area contributed by atoms with Gasteiger partial charge in [0.05, 0.1) is 18.2 Å². The van der Waals surface area contributed by atoms with Crippen LogP contribution >= 0.6 is 11.6 Å². The van der Waals surface area contributed by atoms with Crippen molar-refractivity contribution in [2.75, 3.05) is 7.11 Å². The average Bonchev–Trinajstić information content (AvgIpc) is 2.78. The van der Waals surface area contributed by atoms with E-state index in [-0.39, 0.29) is 5.78 Å². The predicted molar refractivity (Wildman–Crippen MR) is 114 cm³/mol. The van der Waals surface area contributed by atoms with E-state index in [4.69, 9.17) is 16.3 Å². The van der Waals surface area contributed by atoms with Crippen LogP contribution in [0.5, 0.6) is 5.75 Å². The van der Waals surface area contributed by atoms with Crippen LogP contribution in [0.15, 0.2) is 78.9 Å². The number of esters is 2. The first-order valence-electron chi connectivity index (χ1n) is 8.95. The lowest BCUT2D eigenvalue weighted by atomic mass is 10.1. The van der Waals surface area contributed by atoms with Gasteiger partial charge in [-0.2, -0.15) is 0 Å². The predicted octanol–water partition coefficient (Wildman–Crippen LogP) is 5.24. The Kier molecular flexibility index (Phi) is 6.78. The Labute approximate surface area is 178 Å². The van der Waals surface area contributed by atoms with Gasteiger partial charge >= 0.3 is 11.9 Å². The summed E-state index contributed by atoms with van der Waals surface area (Å²) < 4.78 is 9.94. The van der Waals surface area contributed by atoms with Gasteiger partial charge in [0.2, 0.25) is 0 Å². The first-order valence-corrected chi connectivity index (χ1v) is 9.32. The number of carbonyl (C=O) groups excluding carboxylic acids is 3. The minimum Gasteiger partial charge on any atom is -0.465 e. The highest BCUT2D eigenvalue weighted by atomic mass is 35.5. The number of carbonyl (C=O) groups is 3. The fourth-order valence-corrected chi connectivity index (χ4v) is 2.68. The van der Waals surface area contributed by atoms with E-state index >= 15 is 0 Å². The van der Waals surface area contributed by atoms with Crippen molar-refractivity contribution >= 4 is 35.4 Å². The maximum atomic E-state index is 12.3. The highest BCUT2D eigenvalue weighted by molar-refractivity contribution is 6.30. The largest absolute Gasteiger partial charge is 0.465 e. The van der Waals surface area contributed by atoms with Crippen molar-refractivity contribution in [1.29, 1.82) is 0 Å². The molecule has 0 spiro atoms. The zero-order valence-corrected chi connectivity index (χ0v) is 16.8. The molecule has 0 amide bonds. The molecule has 0 saturated heterocycles. The van der Waals surface area contributed by atoms with Crippen molar-refractivity contribution in [3.63, 3.8) is 0 Å². The van der Waals surface area contributed by atoms with Gasteiger partial charge in [0.15, 0.2) is 5.78 Å². The Balaban J connectivity index is 1.61. The Hall–Kier alpha value is -3.70. The Morgan fingerprint density at radius 1 is 0.733 bits per heavy atom. The minimum atomic E-state index is -0.513. The van der Waals surface area contributed by atoms with Gasteiger partial charge in [-0.05, 0) is 72.3 Å². The lowest BCUT2D eigenvalue weighted by Crippen LogP contribution is -2.08. The number of ketones is 1. The molecule has 0 unspecified atom stereocenters. The molecule has 0 aromatic heterocycles. The van der Waals surface area contributed by atoms with Gasteiger partial charge in [-0.3, -0.25) is 4.79 Å². The molecular weight excluding hydrogens is 404 g/mol. The van der Waals surface area contributed by atoms with E-state index in [1.807, 2.05) is 0 Å². The molecule has 0 saturated carbocycles. The third-order valence-electron chi connectivity index (χ3n) is 4.19. The summed E-state index contributed by atoms with van der Waals surface area (Å²) >= 11 is 5.81. The molecule has 3 aromatic rings. The van der Waals surface area contributed by atoms with Crippen LogP contribution in [0.4, 0.5) is 0 Å². The fourth-order valence-electron chi connectivity index (χ4n) is 2.56. The van der Waals surface area contributed by atoms with Crippen molar-refractivity contribution in [3.05, 3.63) is 106 Å². The number of halogens is 1. The van der Waals surface area contributed by atoms with E-state index in [9.17, 15) is 14.4 Å². The maximum absolute atomic E-state index is 12.3. The number of hydrogen-bond acceptors (Lipinski definition) is 5. The van der Waals surface area contributed by atoms with Gasteiger partial charge in [0.1, 0.15) is 5.75 Å². The molecule has 3 rings (SSSR count). The average molecular weight is 421 g/mol. The van der Waals surface area contributed by atoms with Gasteiger partial charge in [-0.1, -0.05) is 29.8 Å². The van der Waals surface area contributed by atoms with E-state index in [0.29, 0.717) is 27.5 Å². The van der Waals surface area contributed by atoms with Crippen LogP contribution in [0.2, 0.25) is 5.02 Å². The number of ether oxygens (including phenoxy) is 2. The summed E-state index contributed by atoms with van der Waals surface area (Å²) in [5.41, 5.74) is 2.03. The van der Waals surface area contributed by atoms with Crippen molar-refractivity contribution in [2.24, 2.45) is 0 Å². The molecule has 6 heteroatoms. The van der Waals surface area contributed by atoms with E-state index < -0.39 is 11.9 Å². The molecule has 0 atom stereocenters. The Morgan fingerprint density at radius 2 is 1.27 bits per heavy atom. The van der Waals surface area contributed by atoms with Crippen molar-refractivity contribution in [3.8, 4) is 5.75 Å². The molecule has 0 aliphatic heterocycles. The van der Waals surface area contributed by atoms with Crippen LogP contribution in [0, 0.1) is 0 Å². The summed E-state index contributed by atoms with van der Waals surface area (Å²) in [6.45, 7) is 0. The summed E-state index contributed by atoms with van der Waals surface area (Å²) in [4.78, 5) is 35.9. The Bertz CT molecular complexity index is 1080. The molecule has 0 aliphatic rings. The number of allylic oxidation sites excluding steroid dienone is 1. The highest BCUT2D eigenvalue weighted by Gasteiger charge is 2.09. The molecule has 0 aliphatic carbocycles. The first kappa shape index (κ1) is 21.0. The van der Waals surface area contributed by atoms with Crippen LogP contribution in [0.3, 0.4) is 0 Å². The summed E-state index contributed by atoms with van der Waals surface area (Å²) in [6.07, 6.45) is 3.08. The summed E-state index contributed by atoms with van der Waals surface area (Å²) in [5.74, 6) is -0.809. The van der Waals surface area contributed by atoms with E-state index in [2.05, 4.69) is 4.74 Å². The molecule has 0 radical (unpaired) electrons. The van der Waals surface area contributed by atoms with Gasteiger partial charge in [-0.25, -0.2) is 9.59 Å². The van der Waals surface area contributed by atoms with Crippen LogP contribution in [0.25, 0.3) is 6.08 Å². The third kappa shape index (κ3) is 5.43. The molecule has 0 N–H and O–H groups in total. The minimum absolute atomic E-state index is 0.206. The quantitative estimate of drug-likeness (QED) is 0.236. The summed E-state index contributed by atoms with van der Waals surface area (Å²) in [7, 11) is 1.32. The van der Waals surface area contributed by atoms with E-state index in [1.54, 1.807) is 78.9 Å². The van der Waals surface area contributed by atoms with Crippen molar-refractivity contribution in [1.82, 2.24) is 0 Å². The lowest BCUT2D eigenvalue weighted by molar-refractivity contribution is 0.0600. The molecule has 0 fully saturated rings. The standard InChI is InChI=1S/C24H17ClO5/c1-29-23(27)18-5-2-16(3-6-18)4-15-22(26)17-9-13-21(14-10-17)30-24(28)19-7-11-20(25)12-8-19/h2-15H,1H3. The van der Waals surface area contributed by atoms with Gasteiger partial charge in [0.25, 0.3) is 0 Å². The van der Waals surface area contributed by atoms with E-state index in [0.717, 1.165) is 5.56 Å². The SMILES string of the molecule is COC(=O)c1ccc(C=CC(=O)c2ccc(OC(=O)c3ccc(Cl)cc3)cc2)cc1. The van der Waals surface area contributed by atoms with Crippen LogP contribution in [0.1, 0.15) is 36.6 Å². The second-order valence-corrected chi connectivity index (χ2v) is 6.67. The molecule has 3 aromatic carbocycles. The molecule has 0 bridgehead atoms. The number of rotatable bonds is 6. The number of methoxy groups -OCH3 is 1. The van der Waals surface area contributed by atoms with Crippen LogP contribution < -0.4 is 4.74 Å². The summed E-state index contributed by atoms with van der Waals surface area (Å²) in [6, 6.07) is 19.3. The van der Waals surface area contributed by atoms with Crippen molar-refractivity contribution in [2.45, 2.75) is 0 Å². The molecule has 150 valence electrons. The van der Waals surface area contributed by atoms with Gasteiger partial charge in [0, 0.05) is 10.6 Å². The van der Waals surface area contributed by atoms with Crippen LogP contribution in [-0.4, -0.2) is 24.8 Å². The zero-order valence-electron chi connectivity index (χ0n) is 16.0. The lowest BCUT2D eigenvalue weighted by Gasteiger charge is -2.05. The van der Waals surface area contributed by atoms with Gasteiger partial charge < -0.3 is 9.47 Å². The topological polar surface area (TPSA) is 69.7 Å². The molecule has 0 heterocycles. The maximum Gasteiger partial charge on any atom is 0.343 e. The Morgan fingerprint density at radius 3 is 1.87 bits per heavy atom. The number of hydrogen-bond donors (Lipinski definition) is 0. The fraction of sp³-hybridized carbons (Fsp3) is 0.0417. The monoisotopic (exact) mass is 420 g/mol. The smallest absolute Gasteiger partial charge is 0.343 e. The van der Waals surface area contributed by atoms with Gasteiger partial charge in [-0.15, -0.1) is 0 Å². The summed E-state index contributed by atoms with van der Waals surface area (Å²) in [5, 5.41) is 0.530. The second kappa shape index (κ2) is 9.67. The second-order valence-electron chi connectivity index (χ2n) is 6.23.